The van der Waals surface area contributed by atoms with E-state index in [1.807, 2.05) is 0 Å². The summed E-state index contributed by atoms with van der Waals surface area (Å²) in [4.78, 5) is 13.1. The minimum absolute atomic E-state index is 0.0818. The van der Waals surface area contributed by atoms with Gasteiger partial charge in [0.1, 0.15) is 0 Å². The zero-order valence-electron chi connectivity index (χ0n) is 7.26. The van der Waals surface area contributed by atoms with E-state index in [-0.39, 0.29) is 12.1 Å². The number of nitrogens with one attached hydrogen (secondary N) is 1. The van der Waals surface area contributed by atoms with Crippen molar-refractivity contribution in [2.24, 2.45) is 0 Å². The monoisotopic (exact) mass is 218 g/mol. The highest BCUT2D eigenvalue weighted by Gasteiger charge is 2.32. The highest BCUT2D eigenvalue weighted by Crippen LogP contribution is 2.19. The largest absolute Gasteiger partial charge is 0.573 e. The lowest BCUT2D eigenvalue weighted by molar-refractivity contribution is -0.275. The second-order valence-corrected chi connectivity index (χ2v) is 2.56. The van der Waals surface area contributed by atoms with Crippen molar-refractivity contribution in [1.82, 2.24) is 4.98 Å². The summed E-state index contributed by atoms with van der Waals surface area (Å²) < 4.78 is 38.7. The molecule has 4 nitrogen and oxygen atoms in total. The van der Waals surface area contributed by atoms with E-state index in [9.17, 15) is 18.0 Å². The molecule has 0 aliphatic rings. The molecule has 1 N–H and O–H groups in total. The lowest BCUT2D eigenvalue weighted by Crippen LogP contribution is -2.23. The van der Waals surface area contributed by atoms with E-state index in [2.05, 4.69) is 9.72 Å². The molecular weight excluding hydrogens is 213 g/mol. The van der Waals surface area contributed by atoms with Gasteiger partial charge in [-0.15, -0.1) is 13.2 Å². The maximum atomic E-state index is 11.7. The number of nitriles is 1. The first-order chi connectivity index (χ1) is 6.92. The number of hydrogen-bond donors (Lipinski definition) is 1. The molecule has 0 amide bonds. The average molecular weight is 218 g/mol. The predicted molar refractivity (Wildman–Crippen MR) is 43.1 cm³/mol. The van der Waals surface area contributed by atoms with Crippen LogP contribution in [-0.4, -0.2) is 11.3 Å². The molecule has 0 bridgehead atoms. The quantitative estimate of drug-likeness (QED) is 0.814. The van der Waals surface area contributed by atoms with Crippen molar-refractivity contribution in [1.29, 1.82) is 5.26 Å². The van der Waals surface area contributed by atoms with Gasteiger partial charge >= 0.3 is 6.36 Å². The van der Waals surface area contributed by atoms with Crippen molar-refractivity contribution in [2.45, 2.75) is 12.8 Å². The Morgan fingerprint density at radius 3 is 2.60 bits per heavy atom. The van der Waals surface area contributed by atoms with Crippen molar-refractivity contribution in [3.63, 3.8) is 0 Å². The van der Waals surface area contributed by atoms with Gasteiger partial charge in [0.05, 0.1) is 12.5 Å². The zero-order valence-corrected chi connectivity index (χ0v) is 7.26. The molecule has 80 valence electrons. The molecule has 0 spiro atoms. The van der Waals surface area contributed by atoms with Crippen LogP contribution in [0.4, 0.5) is 13.2 Å². The SMILES string of the molecule is N#CCc1ccc(OC(F)(F)F)c(=O)[nH]1. The summed E-state index contributed by atoms with van der Waals surface area (Å²) in [6.07, 6.45) is -4.98. The molecule has 0 aromatic carbocycles. The second kappa shape index (κ2) is 4.04. The first-order valence-electron chi connectivity index (χ1n) is 3.77. The number of aromatic nitrogens is 1. The number of alkyl halides is 3. The van der Waals surface area contributed by atoms with Crippen LogP contribution in [0.15, 0.2) is 16.9 Å². The van der Waals surface area contributed by atoms with Crippen LogP contribution in [-0.2, 0) is 6.42 Å². The van der Waals surface area contributed by atoms with Gasteiger partial charge in [0.2, 0.25) is 0 Å². The van der Waals surface area contributed by atoms with Crippen LogP contribution >= 0.6 is 0 Å². The molecule has 0 saturated carbocycles. The zero-order chi connectivity index (χ0) is 11.5. The van der Waals surface area contributed by atoms with Gasteiger partial charge in [-0.3, -0.25) is 4.79 Å². The fraction of sp³-hybridized carbons (Fsp3) is 0.250. The molecule has 1 aromatic heterocycles. The van der Waals surface area contributed by atoms with E-state index in [0.717, 1.165) is 6.07 Å². The van der Waals surface area contributed by atoms with Gasteiger partial charge in [-0.1, -0.05) is 0 Å². The highest BCUT2D eigenvalue weighted by atomic mass is 19.4. The number of H-pyrrole nitrogens is 1. The molecule has 0 fully saturated rings. The lowest BCUT2D eigenvalue weighted by atomic mass is 10.3. The number of nitrogens with zero attached hydrogens (tertiary/aromatic N) is 1. The summed E-state index contributed by atoms with van der Waals surface area (Å²) in [5, 5.41) is 8.28. The van der Waals surface area contributed by atoms with E-state index in [1.165, 1.54) is 6.07 Å². The molecule has 0 aliphatic carbocycles. The van der Waals surface area contributed by atoms with Gasteiger partial charge in [-0.2, -0.15) is 5.26 Å². The number of hydrogen-bond acceptors (Lipinski definition) is 3. The Hall–Kier alpha value is -1.97. The minimum Gasteiger partial charge on any atom is -0.400 e. The van der Waals surface area contributed by atoms with Crippen LogP contribution < -0.4 is 10.3 Å². The summed E-state index contributed by atoms with van der Waals surface area (Å²) >= 11 is 0. The van der Waals surface area contributed by atoms with Crippen LogP contribution in [0, 0.1) is 11.3 Å². The second-order valence-electron chi connectivity index (χ2n) is 2.56. The molecular formula is C8H5F3N2O2. The first-order valence-corrected chi connectivity index (χ1v) is 3.77. The minimum atomic E-state index is -4.90. The molecule has 0 aliphatic heterocycles. The molecule has 0 saturated heterocycles. The molecule has 0 radical (unpaired) electrons. The third-order valence-electron chi connectivity index (χ3n) is 1.43. The molecule has 1 heterocycles. The summed E-state index contributed by atoms with van der Waals surface area (Å²) in [5.74, 6) is -0.843. The van der Waals surface area contributed by atoms with Crippen LogP contribution in [0.1, 0.15) is 5.69 Å². The predicted octanol–water partition coefficient (Wildman–Crippen LogP) is 1.34. The van der Waals surface area contributed by atoms with Crippen molar-refractivity contribution < 1.29 is 17.9 Å². The van der Waals surface area contributed by atoms with Gasteiger partial charge < -0.3 is 9.72 Å². The van der Waals surface area contributed by atoms with E-state index < -0.39 is 17.7 Å². The maximum absolute atomic E-state index is 11.7. The Labute approximate surface area is 81.9 Å². The number of rotatable bonds is 2. The Balaban J connectivity index is 2.95. The molecule has 0 unspecified atom stereocenters. The number of aromatic amines is 1. The summed E-state index contributed by atoms with van der Waals surface area (Å²) in [6, 6.07) is 3.81. The molecule has 15 heavy (non-hydrogen) atoms. The lowest BCUT2D eigenvalue weighted by Gasteiger charge is -2.07. The van der Waals surface area contributed by atoms with Gasteiger partial charge in [0.25, 0.3) is 5.56 Å². The van der Waals surface area contributed by atoms with Crippen LogP contribution in [0.2, 0.25) is 0 Å². The maximum Gasteiger partial charge on any atom is 0.573 e. The van der Waals surface area contributed by atoms with Crippen LogP contribution in [0.3, 0.4) is 0 Å². The molecule has 1 rings (SSSR count). The van der Waals surface area contributed by atoms with E-state index >= 15 is 0 Å². The van der Waals surface area contributed by atoms with Gasteiger partial charge in [0, 0.05) is 5.69 Å². The Morgan fingerprint density at radius 1 is 1.47 bits per heavy atom. The van der Waals surface area contributed by atoms with E-state index in [1.54, 1.807) is 6.07 Å². The molecule has 1 aromatic rings. The number of ether oxygens (including phenoxy) is 1. The van der Waals surface area contributed by atoms with Gasteiger partial charge in [-0.05, 0) is 12.1 Å². The van der Waals surface area contributed by atoms with Crippen LogP contribution in [0.5, 0.6) is 5.75 Å². The van der Waals surface area contributed by atoms with Crippen molar-refractivity contribution in [3.8, 4) is 11.8 Å². The topological polar surface area (TPSA) is 65.9 Å². The first kappa shape index (κ1) is 11.1. The molecule has 0 atom stereocenters. The third kappa shape index (κ3) is 3.34. The van der Waals surface area contributed by atoms with Crippen LogP contribution in [0.25, 0.3) is 0 Å². The fourth-order valence-electron chi connectivity index (χ4n) is 0.894. The summed E-state index contributed by atoms with van der Waals surface area (Å²) in [7, 11) is 0. The fourth-order valence-corrected chi connectivity index (χ4v) is 0.894. The van der Waals surface area contributed by atoms with E-state index in [4.69, 9.17) is 5.26 Å². The van der Waals surface area contributed by atoms with Gasteiger partial charge in [0.15, 0.2) is 5.75 Å². The van der Waals surface area contributed by atoms with Crippen molar-refractivity contribution in [2.75, 3.05) is 0 Å². The third-order valence-corrected chi connectivity index (χ3v) is 1.43. The van der Waals surface area contributed by atoms with Crippen molar-refractivity contribution in [3.05, 3.63) is 28.2 Å². The Bertz CT molecular complexity index is 444. The molecule has 7 heteroatoms. The highest BCUT2D eigenvalue weighted by molar-refractivity contribution is 5.21. The normalized spacial score (nSPS) is 10.8. The Morgan fingerprint density at radius 2 is 2.13 bits per heavy atom. The average Bonchev–Trinajstić information content (AvgIpc) is 2.08. The number of pyridine rings is 1. The smallest absolute Gasteiger partial charge is 0.400 e. The summed E-state index contributed by atoms with van der Waals surface area (Å²) in [5.41, 5.74) is -0.780. The van der Waals surface area contributed by atoms with E-state index in [0.29, 0.717) is 0 Å². The Kier molecular flexibility index (Phi) is 2.99. The summed E-state index contributed by atoms with van der Waals surface area (Å²) in [6.45, 7) is 0. The number of halogens is 3. The standard InChI is InChI=1S/C8H5F3N2O2/c9-8(10,11)15-6-2-1-5(3-4-12)13-7(6)14/h1-2H,3H2,(H,13,14). The van der Waals surface area contributed by atoms with Crippen molar-refractivity contribution >= 4 is 0 Å². The van der Waals surface area contributed by atoms with Gasteiger partial charge in [-0.25, -0.2) is 0 Å².